The quantitative estimate of drug-likeness (QED) is 0.719. The van der Waals surface area contributed by atoms with E-state index in [1.807, 2.05) is 30.3 Å². The van der Waals surface area contributed by atoms with Crippen molar-refractivity contribution < 1.29 is 14.3 Å². The molecule has 1 aliphatic heterocycles. The largest absolute Gasteiger partial charge is 0.487 e. The fourth-order valence-corrected chi connectivity index (χ4v) is 3.03. The molecule has 8 nitrogen and oxygen atoms in total. The van der Waals surface area contributed by atoms with Crippen LogP contribution in [0.2, 0.25) is 0 Å². The number of amides is 2. The smallest absolute Gasteiger partial charge is 0.270 e. The zero-order valence-corrected chi connectivity index (χ0v) is 15.3. The minimum absolute atomic E-state index is 0.0264. The normalized spacial score (nSPS) is 16.1. The van der Waals surface area contributed by atoms with Crippen molar-refractivity contribution in [2.75, 3.05) is 18.6 Å². The van der Waals surface area contributed by atoms with E-state index in [9.17, 15) is 9.59 Å². The molecule has 1 atom stereocenters. The first kappa shape index (κ1) is 17.7. The van der Waals surface area contributed by atoms with E-state index in [0.717, 1.165) is 5.56 Å². The number of pyridine rings is 1. The molecular formula is C20H19N5O3. The van der Waals surface area contributed by atoms with Gasteiger partial charge in [-0.05, 0) is 17.7 Å². The fourth-order valence-electron chi connectivity index (χ4n) is 3.03. The number of aromatic nitrogens is 3. The number of rotatable bonds is 4. The Labute approximate surface area is 161 Å². The molecule has 3 heterocycles. The minimum atomic E-state index is -0.826. The monoisotopic (exact) mass is 377 g/mol. The van der Waals surface area contributed by atoms with Crippen LogP contribution in [0.25, 0.3) is 0 Å². The molecule has 142 valence electrons. The molecule has 0 fully saturated rings. The lowest BCUT2D eigenvalue weighted by molar-refractivity contribution is -0.120. The number of benzene rings is 1. The van der Waals surface area contributed by atoms with E-state index in [0.29, 0.717) is 29.5 Å². The highest BCUT2D eigenvalue weighted by Crippen LogP contribution is 2.27. The molecule has 1 unspecified atom stereocenters. The summed E-state index contributed by atoms with van der Waals surface area (Å²) in [6.45, 7) is 0.0264. The highest BCUT2D eigenvalue weighted by molar-refractivity contribution is 6.02. The number of carbonyl (C=O) groups excluding carboxylic acids is 2. The van der Waals surface area contributed by atoms with E-state index >= 15 is 0 Å². The first-order valence-corrected chi connectivity index (χ1v) is 8.86. The Kier molecular flexibility index (Phi) is 4.76. The SMILES string of the molecule is CN1C(=O)C(NC(=O)c2cnc(Cc3ccccc3)[nH]2)COc2cccnc21. The summed E-state index contributed by atoms with van der Waals surface area (Å²) in [6, 6.07) is 12.5. The number of hydrogen-bond acceptors (Lipinski definition) is 5. The van der Waals surface area contributed by atoms with E-state index < -0.39 is 11.9 Å². The minimum Gasteiger partial charge on any atom is -0.487 e. The number of fused-ring (bicyclic) bond motifs is 1. The van der Waals surface area contributed by atoms with E-state index in [1.165, 1.54) is 11.1 Å². The van der Waals surface area contributed by atoms with E-state index in [2.05, 4.69) is 20.3 Å². The zero-order chi connectivity index (χ0) is 19.5. The third-order valence-electron chi connectivity index (χ3n) is 4.50. The van der Waals surface area contributed by atoms with Crippen molar-refractivity contribution in [3.8, 4) is 5.75 Å². The number of aromatic amines is 1. The summed E-state index contributed by atoms with van der Waals surface area (Å²) in [4.78, 5) is 38.1. The lowest BCUT2D eigenvalue weighted by atomic mass is 10.1. The van der Waals surface area contributed by atoms with Crippen LogP contribution >= 0.6 is 0 Å². The highest BCUT2D eigenvalue weighted by atomic mass is 16.5. The van der Waals surface area contributed by atoms with Crippen molar-refractivity contribution in [3.63, 3.8) is 0 Å². The predicted octanol–water partition coefficient (Wildman–Crippen LogP) is 1.55. The van der Waals surface area contributed by atoms with Crippen LogP contribution in [0.15, 0.2) is 54.9 Å². The van der Waals surface area contributed by atoms with Gasteiger partial charge in [0.25, 0.3) is 11.8 Å². The van der Waals surface area contributed by atoms with Gasteiger partial charge >= 0.3 is 0 Å². The number of carbonyl (C=O) groups is 2. The van der Waals surface area contributed by atoms with Crippen LogP contribution in [0.5, 0.6) is 5.75 Å². The molecule has 2 aromatic heterocycles. The van der Waals surface area contributed by atoms with E-state index in [-0.39, 0.29) is 12.5 Å². The molecule has 3 aromatic rings. The summed E-state index contributed by atoms with van der Waals surface area (Å²) in [6.07, 6.45) is 3.64. The third kappa shape index (κ3) is 3.57. The van der Waals surface area contributed by atoms with Gasteiger partial charge in [0.05, 0.1) is 6.20 Å². The Hall–Kier alpha value is -3.68. The van der Waals surface area contributed by atoms with E-state index in [1.54, 1.807) is 25.4 Å². The molecule has 1 aliphatic rings. The molecule has 0 saturated heterocycles. The molecule has 1 aromatic carbocycles. The van der Waals surface area contributed by atoms with Crippen molar-refractivity contribution in [1.29, 1.82) is 0 Å². The second kappa shape index (κ2) is 7.51. The van der Waals surface area contributed by atoms with Crippen molar-refractivity contribution in [3.05, 3.63) is 71.9 Å². The van der Waals surface area contributed by atoms with Gasteiger partial charge in [0.15, 0.2) is 11.6 Å². The first-order chi connectivity index (χ1) is 13.6. The van der Waals surface area contributed by atoms with Gasteiger partial charge < -0.3 is 15.0 Å². The molecule has 28 heavy (non-hydrogen) atoms. The maximum Gasteiger partial charge on any atom is 0.270 e. The van der Waals surface area contributed by atoms with E-state index in [4.69, 9.17) is 4.74 Å². The number of nitrogens with one attached hydrogen (secondary N) is 2. The van der Waals surface area contributed by atoms with Gasteiger partial charge in [0.2, 0.25) is 0 Å². The maximum absolute atomic E-state index is 12.7. The average molecular weight is 377 g/mol. The van der Waals surface area contributed by atoms with Gasteiger partial charge in [-0.15, -0.1) is 0 Å². The average Bonchev–Trinajstić information content (AvgIpc) is 3.15. The van der Waals surface area contributed by atoms with Crippen LogP contribution < -0.4 is 15.0 Å². The molecule has 0 aliphatic carbocycles. The van der Waals surface area contributed by atoms with Crippen LogP contribution in [-0.2, 0) is 11.2 Å². The van der Waals surface area contributed by atoms with Gasteiger partial charge in [-0.1, -0.05) is 30.3 Å². The molecule has 0 bridgehead atoms. The van der Waals surface area contributed by atoms with Crippen LogP contribution in [0.1, 0.15) is 21.9 Å². The van der Waals surface area contributed by atoms with Crippen LogP contribution in [0.4, 0.5) is 5.82 Å². The number of likely N-dealkylation sites (N-methyl/N-ethyl adjacent to an activating group) is 1. The predicted molar refractivity (Wildman–Crippen MR) is 102 cm³/mol. The number of ether oxygens (including phenoxy) is 1. The zero-order valence-electron chi connectivity index (χ0n) is 15.3. The maximum atomic E-state index is 12.7. The van der Waals surface area contributed by atoms with Gasteiger partial charge in [-0.25, -0.2) is 9.97 Å². The van der Waals surface area contributed by atoms with Crippen LogP contribution in [-0.4, -0.2) is 46.5 Å². The topological polar surface area (TPSA) is 100 Å². The van der Waals surface area contributed by atoms with Gasteiger partial charge in [-0.2, -0.15) is 0 Å². The highest BCUT2D eigenvalue weighted by Gasteiger charge is 2.31. The molecule has 2 amide bonds. The summed E-state index contributed by atoms with van der Waals surface area (Å²) >= 11 is 0. The molecule has 0 spiro atoms. The summed E-state index contributed by atoms with van der Waals surface area (Å²) in [5.41, 5.74) is 1.38. The van der Waals surface area contributed by atoms with Gasteiger partial charge in [0.1, 0.15) is 24.2 Å². The number of imidazole rings is 1. The fraction of sp³-hybridized carbons (Fsp3) is 0.200. The Morgan fingerprint density at radius 2 is 2.07 bits per heavy atom. The summed E-state index contributed by atoms with van der Waals surface area (Å²) in [5, 5.41) is 2.71. The summed E-state index contributed by atoms with van der Waals surface area (Å²) in [7, 11) is 1.61. The molecule has 0 saturated carbocycles. The number of H-pyrrole nitrogens is 1. The Morgan fingerprint density at radius 3 is 2.89 bits per heavy atom. The van der Waals surface area contributed by atoms with Crippen molar-refractivity contribution in [1.82, 2.24) is 20.3 Å². The molecule has 8 heteroatoms. The van der Waals surface area contributed by atoms with Crippen molar-refractivity contribution in [2.24, 2.45) is 0 Å². The Morgan fingerprint density at radius 1 is 1.25 bits per heavy atom. The Balaban J connectivity index is 1.45. The molecule has 0 radical (unpaired) electrons. The van der Waals surface area contributed by atoms with Crippen molar-refractivity contribution in [2.45, 2.75) is 12.5 Å². The molecule has 4 rings (SSSR count). The third-order valence-corrected chi connectivity index (χ3v) is 4.50. The molecular weight excluding hydrogens is 358 g/mol. The number of anilines is 1. The van der Waals surface area contributed by atoms with Gasteiger partial charge in [0, 0.05) is 19.7 Å². The number of hydrogen-bond donors (Lipinski definition) is 2. The molecule has 2 N–H and O–H groups in total. The summed E-state index contributed by atoms with van der Waals surface area (Å²) in [5.74, 6) is 0.891. The van der Waals surface area contributed by atoms with Crippen LogP contribution in [0, 0.1) is 0 Å². The standard InChI is InChI=1S/C20H19N5O3/c1-25-18-16(8-5-9-21-18)28-12-15(20(25)27)24-19(26)14-11-22-17(23-14)10-13-6-3-2-4-7-13/h2-9,11,15H,10,12H2,1H3,(H,22,23)(H,24,26). The van der Waals surface area contributed by atoms with Gasteiger partial charge in [-0.3, -0.25) is 14.5 Å². The second-order valence-corrected chi connectivity index (χ2v) is 6.47. The number of nitrogens with zero attached hydrogens (tertiary/aromatic N) is 3. The lowest BCUT2D eigenvalue weighted by Gasteiger charge is -2.19. The Bertz CT molecular complexity index is 1000. The lowest BCUT2D eigenvalue weighted by Crippen LogP contribution is -2.49. The second-order valence-electron chi connectivity index (χ2n) is 6.47. The summed E-state index contributed by atoms with van der Waals surface area (Å²) < 4.78 is 5.66. The van der Waals surface area contributed by atoms with Crippen molar-refractivity contribution >= 4 is 17.6 Å². The van der Waals surface area contributed by atoms with Crippen LogP contribution in [0.3, 0.4) is 0 Å². The first-order valence-electron chi connectivity index (χ1n) is 8.86.